The molecule has 0 spiro atoms. The fourth-order valence-electron chi connectivity index (χ4n) is 0.559. The molecule has 1 N–H and O–H groups in total. The van der Waals surface area contributed by atoms with Crippen LogP contribution in [0.3, 0.4) is 0 Å². The van der Waals surface area contributed by atoms with E-state index in [0.717, 1.165) is 0 Å². The van der Waals surface area contributed by atoms with Crippen molar-refractivity contribution in [1.29, 1.82) is 0 Å². The molecule has 0 amide bonds. The monoisotopic (exact) mass is 181 g/mol. The minimum atomic E-state index is -2.38. The van der Waals surface area contributed by atoms with Crippen LogP contribution in [0, 0.1) is 0 Å². The normalized spacial score (nSPS) is 11.3. The molecule has 0 aliphatic rings. The van der Waals surface area contributed by atoms with Gasteiger partial charge in [-0.05, 0) is 0 Å². The van der Waals surface area contributed by atoms with Crippen molar-refractivity contribution in [3.8, 4) is 0 Å². The summed E-state index contributed by atoms with van der Waals surface area (Å²) in [6, 6.07) is 0.416. The number of ether oxygens (including phenoxy) is 1. The van der Waals surface area contributed by atoms with Gasteiger partial charge in [0.1, 0.15) is 5.94 Å². The highest BCUT2D eigenvalue weighted by Crippen LogP contribution is 1.77. The number of nitrogens with one attached hydrogen (secondary N) is 1. The highest BCUT2D eigenvalue weighted by atomic mass is 32.2. The van der Waals surface area contributed by atoms with E-state index in [2.05, 4.69) is 5.32 Å². The second-order valence-electron chi connectivity index (χ2n) is 2.48. The van der Waals surface area contributed by atoms with Gasteiger partial charge in [0, 0.05) is 12.6 Å². The maximum absolute atomic E-state index is 9.99. The van der Waals surface area contributed by atoms with Gasteiger partial charge in [-0.2, -0.15) is 0 Å². The highest BCUT2D eigenvalue weighted by Gasteiger charge is 1.91. The summed E-state index contributed by atoms with van der Waals surface area (Å²) in [6.45, 7) is 5.19. The second kappa shape index (κ2) is 6.57. The third-order valence-electron chi connectivity index (χ3n) is 0.996. The largest absolute Gasteiger partial charge is 0.365 e. The van der Waals surface area contributed by atoms with Crippen LogP contribution in [-0.2, 0) is 15.4 Å². The molecule has 11 heavy (non-hydrogen) atoms. The predicted molar refractivity (Wildman–Crippen MR) is 44.3 cm³/mol. The van der Waals surface area contributed by atoms with Gasteiger partial charge in [-0.3, -0.25) is 0 Å². The lowest BCUT2D eigenvalue weighted by Crippen LogP contribution is -2.26. The van der Waals surface area contributed by atoms with E-state index >= 15 is 0 Å². The average molecular weight is 181 g/mol. The molecule has 0 aromatic carbocycles. The van der Waals surface area contributed by atoms with E-state index in [-0.39, 0.29) is 5.94 Å². The zero-order valence-corrected chi connectivity index (χ0v) is 7.77. The van der Waals surface area contributed by atoms with Crippen LogP contribution >= 0.6 is 0 Å². The van der Waals surface area contributed by atoms with Crippen molar-refractivity contribution < 1.29 is 13.2 Å². The molecule has 0 aliphatic heterocycles. The molecule has 5 heteroatoms. The molecule has 0 aliphatic carbocycles. The summed E-state index contributed by atoms with van der Waals surface area (Å²) >= 11 is 0. The molecule has 0 saturated heterocycles. The Hall–Kier alpha value is -0.130. The number of rotatable bonds is 6. The van der Waals surface area contributed by atoms with E-state index < -0.39 is 10.7 Å². The Morgan fingerprint density at radius 3 is 2.55 bits per heavy atom. The number of hydrogen-bond acceptors (Lipinski definition) is 4. The quantitative estimate of drug-likeness (QED) is 0.431. The van der Waals surface area contributed by atoms with Gasteiger partial charge >= 0.3 is 0 Å². The van der Waals surface area contributed by atoms with Crippen molar-refractivity contribution in [3.05, 3.63) is 0 Å². The summed E-state index contributed by atoms with van der Waals surface area (Å²) in [6.07, 6.45) is 0. The standard InChI is InChI=1S/C6H15NO3S/c1-6(2)7-3-4-10-5-11(8)9/h6-7,11H,3-5H2,1-2H3. The molecule has 0 rings (SSSR count). The van der Waals surface area contributed by atoms with Crippen LogP contribution in [0.15, 0.2) is 0 Å². The number of hydrogen-bond donors (Lipinski definition) is 2. The molecule has 0 atom stereocenters. The zero-order valence-electron chi connectivity index (χ0n) is 6.87. The van der Waals surface area contributed by atoms with E-state index in [9.17, 15) is 8.42 Å². The van der Waals surface area contributed by atoms with Crippen LogP contribution in [0.1, 0.15) is 13.8 Å². The Bertz CT molecular complexity index is 148. The molecule has 0 heterocycles. The molecular weight excluding hydrogens is 166 g/mol. The van der Waals surface area contributed by atoms with E-state index in [0.29, 0.717) is 19.2 Å². The SMILES string of the molecule is CC(C)NCCOC[SH](=O)=O. The van der Waals surface area contributed by atoms with Gasteiger partial charge in [0.05, 0.1) is 6.61 Å². The van der Waals surface area contributed by atoms with Crippen LogP contribution in [-0.4, -0.2) is 33.6 Å². The summed E-state index contributed by atoms with van der Waals surface area (Å²) in [5, 5.41) is 3.10. The zero-order chi connectivity index (χ0) is 8.69. The van der Waals surface area contributed by atoms with Crippen LogP contribution in [0.5, 0.6) is 0 Å². The first-order valence-electron chi connectivity index (χ1n) is 3.56. The Morgan fingerprint density at radius 2 is 2.09 bits per heavy atom. The van der Waals surface area contributed by atoms with E-state index in [1.54, 1.807) is 0 Å². The van der Waals surface area contributed by atoms with Crippen LogP contribution in [0.2, 0.25) is 0 Å². The Kier molecular flexibility index (Phi) is 6.49. The van der Waals surface area contributed by atoms with Crippen LogP contribution < -0.4 is 5.32 Å². The first-order valence-corrected chi connectivity index (χ1v) is 4.92. The predicted octanol–water partition coefficient (Wildman–Crippen LogP) is -0.430. The fraction of sp³-hybridized carbons (Fsp3) is 1.00. The maximum Gasteiger partial charge on any atom is 0.164 e. The summed E-state index contributed by atoms with van der Waals surface area (Å²) in [5.41, 5.74) is 0. The molecule has 0 aromatic rings. The molecule has 0 aromatic heterocycles. The molecule has 0 unspecified atom stereocenters. The minimum Gasteiger partial charge on any atom is -0.365 e. The highest BCUT2D eigenvalue weighted by molar-refractivity contribution is 7.72. The van der Waals surface area contributed by atoms with Crippen molar-refractivity contribution >= 4 is 10.7 Å². The summed E-state index contributed by atoms with van der Waals surface area (Å²) in [7, 11) is -2.38. The first kappa shape index (κ1) is 10.9. The van der Waals surface area contributed by atoms with E-state index in [1.807, 2.05) is 13.8 Å². The molecule has 68 valence electrons. The lowest BCUT2D eigenvalue weighted by atomic mass is 10.4. The minimum absolute atomic E-state index is 0.172. The Morgan fingerprint density at radius 1 is 1.45 bits per heavy atom. The molecular formula is C6H15NO3S. The summed E-state index contributed by atoms with van der Waals surface area (Å²) in [4.78, 5) is 0. The molecule has 4 nitrogen and oxygen atoms in total. The van der Waals surface area contributed by atoms with Crippen molar-refractivity contribution in [1.82, 2.24) is 5.32 Å². The van der Waals surface area contributed by atoms with Crippen molar-refractivity contribution in [2.45, 2.75) is 19.9 Å². The maximum atomic E-state index is 9.99. The first-order chi connectivity index (χ1) is 5.13. The fourth-order valence-corrected chi connectivity index (χ4v) is 0.837. The van der Waals surface area contributed by atoms with Gasteiger partial charge in [0.25, 0.3) is 0 Å². The second-order valence-corrected chi connectivity index (χ2v) is 3.40. The van der Waals surface area contributed by atoms with Gasteiger partial charge < -0.3 is 10.1 Å². The van der Waals surface area contributed by atoms with Gasteiger partial charge in [-0.25, -0.2) is 8.42 Å². The van der Waals surface area contributed by atoms with Crippen LogP contribution in [0.4, 0.5) is 0 Å². The van der Waals surface area contributed by atoms with Gasteiger partial charge in [-0.15, -0.1) is 0 Å². The van der Waals surface area contributed by atoms with Crippen molar-refractivity contribution in [3.63, 3.8) is 0 Å². The third kappa shape index (κ3) is 9.87. The van der Waals surface area contributed by atoms with Crippen molar-refractivity contribution in [2.24, 2.45) is 0 Å². The van der Waals surface area contributed by atoms with Crippen molar-refractivity contribution in [2.75, 3.05) is 19.1 Å². The Balaban J connectivity index is 3.03. The van der Waals surface area contributed by atoms with Crippen LogP contribution in [0.25, 0.3) is 0 Å². The molecule has 0 fully saturated rings. The Labute approximate surface area is 68.9 Å². The van der Waals surface area contributed by atoms with Gasteiger partial charge in [0.15, 0.2) is 10.7 Å². The smallest absolute Gasteiger partial charge is 0.164 e. The third-order valence-corrected chi connectivity index (χ3v) is 1.39. The van der Waals surface area contributed by atoms with E-state index in [1.165, 1.54) is 0 Å². The van der Waals surface area contributed by atoms with Gasteiger partial charge in [-0.1, -0.05) is 13.8 Å². The average Bonchev–Trinajstić information content (AvgIpc) is 1.85. The lowest BCUT2D eigenvalue weighted by molar-refractivity contribution is 0.178. The molecule has 0 saturated carbocycles. The molecule has 0 radical (unpaired) electrons. The lowest BCUT2D eigenvalue weighted by Gasteiger charge is -2.06. The summed E-state index contributed by atoms with van der Waals surface area (Å²) in [5.74, 6) is -0.172. The summed E-state index contributed by atoms with van der Waals surface area (Å²) < 4.78 is 24.8. The van der Waals surface area contributed by atoms with E-state index in [4.69, 9.17) is 4.74 Å². The molecule has 0 bridgehead atoms. The topological polar surface area (TPSA) is 55.4 Å². The van der Waals surface area contributed by atoms with Gasteiger partial charge in [0.2, 0.25) is 0 Å². The number of thiol groups is 1.